The van der Waals surface area contributed by atoms with Gasteiger partial charge in [0.25, 0.3) is 11.8 Å². The summed E-state index contributed by atoms with van der Waals surface area (Å²) in [7, 11) is -1.42. The van der Waals surface area contributed by atoms with Crippen LogP contribution in [0, 0.1) is 13.8 Å². The number of imide groups is 1. The molecule has 2 aliphatic heterocycles. The molecule has 0 aliphatic carbocycles. The predicted molar refractivity (Wildman–Crippen MR) is 135 cm³/mol. The Morgan fingerprint density at radius 1 is 0.917 bits per heavy atom. The summed E-state index contributed by atoms with van der Waals surface area (Å²) in [6.45, 7) is 5.70. The molecule has 10 heteroatoms. The second-order valence-electron chi connectivity index (χ2n) is 8.75. The van der Waals surface area contributed by atoms with Gasteiger partial charge in [-0.05, 0) is 44.2 Å². The third-order valence-electron chi connectivity index (χ3n) is 6.42. The van der Waals surface area contributed by atoms with Gasteiger partial charge in [-0.25, -0.2) is 18.1 Å². The lowest BCUT2D eigenvalue weighted by Crippen LogP contribution is -2.37. The molecule has 2 aromatic carbocycles. The summed E-state index contributed by atoms with van der Waals surface area (Å²) in [6.07, 6.45) is 0. The van der Waals surface area contributed by atoms with E-state index in [2.05, 4.69) is 10.1 Å². The van der Waals surface area contributed by atoms with Gasteiger partial charge in [-0.2, -0.15) is 5.10 Å². The Morgan fingerprint density at radius 3 is 2.39 bits per heavy atom. The highest BCUT2D eigenvalue weighted by atomic mass is 32.2. The van der Waals surface area contributed by atoms with E-state index < -0.39 is 22.8 Å². The number of para-hydroxylation sites is 1. The summed E-state index contributed by atoms with van der Waals surface area (Å²) in [4.78, 5) is 33.9. The fraction of sp³-hybridized carbons (Fsp3) is 0.231. The highest BCUT2D eigenvalue weighted by Crippen LogP contribution is 2.36. The number of ether oxygens (including phenoxy) is 1. The summed E-state index contributed by atoms with van der Waals surface area (Å²) in [6, 6.07) is 16.3. The van der Waals surface area contributed by atoms with E-state index in [9.17, 15) is 13.8 Å². The minimum Gasteiger partial charge on any atom is -0.379 e. The average Bonchev–Trinajstić information content (AvgIpc) is 3.41. The lowest BCUT2D eigenvalue weighted by Gasteiger charge is -2.25. The van der Waals surface area contributed by atoms with Crippen LogP contribution in [-0.4, -0.2) is 61.4 Å². The van der Waals surface area contributed by atoms with Gasteiger partial charge in [0.05, 0.1) is 51.8 Å². The second-order valence-corrected chi connectivity index (χ2v) is 10.2. The molecule has 4 aromatic rings. The minimum absolute atomic E-state index is 0.264. The average molecular weight is 502 g/mol. The number of nitrogens with zero attached hydrogens (tertiary/aromatic N) is 5. The van der Waals surface area contributed by atoms with Gasteiger partial charge < -0.3 is 4.74 Å². The van der Waals surface area contributed by atoms with Crippen LogP contribution in [0.15, 0.2) is 59.5 Å². The van der Waals surface area contributed by atoms with Crippen molar-refractivity contribution in [1.82, 2.24) is 19.1 Å². The van der Waals surface area contributed by atoms with Crippen LogP contribution in [0.4, 0.5) is 5.82 Å². The number of rotatable bonds is 4. The van der Waals surface area contributed by atoms with Crippen LogP contribution in [0.2, 0.25) is 0 Å². The van der Waals surface area contributed by atoms with E-state index in [1.165, 1.54) is 0 Å². The van der Waals surface area contributed by atoms with Crippen LogP contribution < -0.4 is 4.90 Å². The number of amides is 2. The zero-order valence-corrected chi connectivity index (χ0v) is 20.6. The number of morpholine rings is 1. The molecule has 2 amide bonds. The molecule has 6 rings (SSSR count). The fourth-order valence-electron chi connectivity index (χ4n) is 4.75. The topological polar surface area (TPSA) is 97.6 Å². The summed E-state index contributed by atoms with van der Waals surface area (Å²) in [5.41, 5.74) is 3.00. The molecule has 0 saturated carbocycles. The molecule has 2 aliphatic rings. The molecule has 1 fully saturated rings. The van der Waals surface area contributed by atoms with Crippen LogP contribution in [0.1, 0.15) is 32.1 Å². The molecule has 0 bridgehead atoms. The molecule has 1 unspecified atom stereocenters. The highest BCUT2D eigenvalue weighted by molar-refractivity contribution is 7.82. The van der Waals surface area contributed by atoms with Crippen molar-refractivity contribution in [2.75, 3.05) is 31.2 Å². The molecule has 1 atom stereocenters. The van der Waals surface area contributed by atoms with E-state index in [1.54, 1.807) is 35.9 Å². The molecular formula is C26H23N5O4S. The van der Waals surface area contributed by atoms with Gasteiger partial charge >= 0.3 is 0 Å². The molecule has 0 N–H and O–H groups in total. The first-order valence-electron chi connectivity index (χ1n) is 11.6. The number of hydrogen-bond acceptors (Lipinski definition) is 6. The molecule has 0 spiro atoms. The Kier molecular flexibility index (Phi) is 5.51. The Morgan fingerprint density at radius 2 is 1.64 bits per heavy atom. The van der Waals surface area contributed by atoms with Crippen molar-refractivity contribution in [3.05, 3.63) is 77.1 Å². The van der Waals surface area contributed by atoms with E-state index in [0.717, 1.165) is 10.6 Å². The number of pyridine rings is 1. The maximum Gasteiger partial charge on any atom is 0.269 e. The molecule has 4 heterocycles. The number of aromatic nitrogens is 3. The van der Waals surface area contributed by atoms with Crippen molar-refractivity contribution < 1.29 is 18.5 Å². The normalized spacial score (nSPS) is 17.1. The van der Waals surface area contributed by atoms with E-state index in [4.69, 9.17) is 4.74 Å². The van der Waals surface area contributed by atoms with Gasteiger partial charge in [0.2, 0.25) is 0 Å². The Labute approximate surface area is 209 Å². The minimum atomic E-state index is -1.42. The number of hydrogen-bond donors (Lipinski definition) is 0. The number of anilines is 1. The lowest BCUT2D eigenvalue weighted by atomic mass is 10.0. The van der Waals surface area contributed by atoms with E-state index in [0.29, 0.717) is 59.3 Å². The monoisotopic (exact) mass is 501 g/mol. The van der Waals surface area contributed by atoms with Crippen molar-refractivity contribution in [3.63, 3.8) is 0 Å². The lowest BCUT2D eigenvalue weighted by molar-refractivity contribution is 0.0752. The van der Waals surface area contributed by atoms with Gasteiger partial charge in [0.15, 0.2) is 0 Å². The zero-order valence-electron chi connectivity index (χ0n) is 19.8. The number of benzene rings is 2. The molecular weight excluding hydrogens is 478 g/mol. The fourth-order valence-corrected chi connectivity index (χ4v) is 5.93. The summed E-state index contributed by atoms with van der Waals surface area (Å²) >= 11 is 0. The maximum absolute atomic E-state index is 13.9. The number of carbonyl (C=O) groups is 2. The predicted octanol–water partition coefficient (Wildman–Crippen LogP) is 3.19. The number of carbonyl (C=O) groups excluding carboxylic acids is 2. The van der Waals surface area contributed by atoms with Crippen LogP contribution in [0.5, 0.6) is 0 Å². The van der Waals surface area contributed by atoms with Crippen molar-refractivity contribution >= 4 is 39.5 Å². The van der Waals surface area contributed by atoms with Crippen molar-refractivity contribution in [2.45, 2.75) is 18.7 Å². The summed E-state index contributed by atoms with van der Waals surface area (Å²) in [5, 5.41) is 5.04. The Bertz CT molecular complexity index is 1560. The van der Waals surface area contributed by atoms with Crippen molar-refractivity contribution in [2.24, 2.45) is 0 Å². The third kappa shape index (κ3) is 3.57. The van der Waals surface area contributed by atoms with E-state index >= 15 is 0 Å². The van der Waals surface area contributed by atoms with Crippen LogP contribution in [-0.2, 0) is 15.7 Å². The van der Waals surface area contributed by atoms with E-state index in [-0.39, 0.29) is 11.1 Å². The molecule has 9 nitrogen and oxygen atoms in total. The van der Waals surface area contributed by atoms with Gasteiger partial charge in [0.1, 0.15) is 16.8 Å². The Hall–Kier alpha value is -3.73. The highest BCUT2D eigenvalue weighted by Gasteiger charge is 2.42. The molecule has 0 radical (unpaired) electrons. The van der Waals surface area contributed by atoms with Crippen molar-refractivity contribution in [1.29, 1.82) is 0 Å². The van der Waals surface area contributed by atoms with Gasteiger partial charge in [0, 0.05) is 24.5 Å². The van der Waals surface area contributed by atoms with Crippen LogP contribution >= 0.6 is 0 Å². The van der Waals surface area contributed by atoms with Gasteiger partial charge in [-0.15, -0.1) is 0 Å². The smallest absolute Gasteiger partial charge is 0.269 e. The number of fused-ring (bicyclic) bond motifs is 3. The van der Waals surface area contributed by atoms with E-state index in [1.807, 2.05) is 41.6 Å². The van der Waals surface area contributed by atoms with Gasteiger partial charge in [-0.3, -0.25) is 14.6 Å². The summed E-state index contributed by atoms with van der Waals surface area (Å²) in [5.74, 6) is -0.527. The van der Waals surface area contributed by atoms with Gasteiger partial charge in [-0.1, -0.05) is 18.2 Å². The quantitative estimate of drug-likeness (QED) is 0.399. The van der Waals surface area contributed by atoms with Crippen LogP contribution in [0.3, 0.4) is 0 Å². The number of aryl methyl sites for hydroxylation is 2. The standard InChI is InChI=1S/C26H23N5O4S/c1-16-14-22(31(28-16)18-6-4-3-5-7-18)30-25(32)23-17(2)27-21-9-8-19(15-20(21)24(23)26(30)33)36(34)29-10-12-35-13-11-29/h3-9,14-15H,10-13H2,1-2H3. The zero-order chi connectivity index (χ0) is 25.0. The maximum atomic E-state index is 13.9. The summed E-state index contributed by atoms with van der Waals surface area (Å²) < 4.78 is 22.0. The van der Waals surface area contributed by atoms with Crippen molar-refractivity contribution in [3.8, 4) is 5.69 Å². The SMILES string of the molecule is Cc1cc(N2C(=O)c3c(C)nc4ccc(S(=O)N5CCOCC5)cc4c3C2=O)n(-c2ccccc2)n1. The molecule has 2 aromatic heterocycles. The second kappa shape index (κ2) is 8.74. The molecule has 1 saturated heterocycles. The first-order chi connectivity index (χ1) is 17.4. The first-order valence-corrected chi connectivity index (χ1v) is 12.7. The molecule has 182 valence electrons. The molecule has 36 heavy (non-hydrogen) atoms. The largest absolute Gasteiger partial charge is 0.379 e. The Balaban J connectivity index is 1.48. The third-order valence-corrected chi connectivity index (χ3v) is 7.91. The van der Waals surface area contributed by atoms with Crippen LogP contribution in [0.25, 0.3) is 16.6 Å². The first kappa shape index (κ1) is 22.7.